The summed E-state index contributed by atoms with van der Waals surface area (Å²) >= 11 is 0. The van der Waals surface area contributed by atoms with E-state index in [1.54, 1.807) is 0 Å². The third-order valence-corrected chi connectivity index (χ3v) is 4.11. The summed E-state index contributed by atoms with van der Waals surface area (Å²) in [5, 5.41) is 3.42. The highest BCUT2D eigenvalue weighted by Crippen LogP contribution is 2.16. The Labute approximate surface area is 140 Å². The van der Waals surface area contributed by atoms with Crippen molar-refractivity contribution in [1.82, 2.24) is 15.2 Å². The minimum Gasteiger partial charge on any atom is -0.381 e. The first-order valence-corrected chi connectivity index (χ1v) is 8.75. The van der Waals surface area contributed by atoms with Crippen LogP contribution in [0.1, 0.15) is 31.5 Å². The molecule has 0 amide bonds. The van der Waals surface area contributed by atoms with E-state index in [1.807, 2.05) is 13.1 Å². The molecule has 1 fully saturated rings. The molecule has 1 saturated heterocycles. The van der Waals surface area contributed by atoms with Crippen LogP contribution in [0.3, 0.4) is 0 Å². The summed E-state index contributed by atoms with van der Waals surface area (Å²) in [6.45, 7) is 11.6. The number of nitrogens with one attached hydrogen (secondary N) is 1. The molecule has 0 bridgehead atoms. The first kappa shape index (κ1) is 17.7. The van der Waals surface area contributed by atoms with E-state index in [1.165, 1.54) is 12.0 Å². The summed E-state index contributed by atoms with van der Waals surface area (Å²) in [6, 6.07) is 4.20. The molecule has 0 spiro atoms. The molecular formula is C18H30N4O. The third kappa shape index (κ3) is 5.82. The molecule has 0 aliphatic carbocycles. The van der Waals surface area contributed by atoms with Gasteiger partial charge in [0.25, 0.3) is 0 Å². The molecule has 0 saturated carbocycles. The Kier molecular flexibility index (Phi) is 7.33. The van der Waals surface area contributed by atoms with Crippen LogP contribution in [0, 0.1) is 12.8 Å². The number of aryl methyl sites for hydroxylation is 1. The molecule has 128 valence electrons. The number of pyridine rings is 1. The highest BCUT2D eigenvalue weighted by molar-refractivity contribution is 5.80. The lowest BCUT2D eigenvalue weighted by molar-refractivity contribution is 0.114. The van der Waals surface area contributed by atoms with Crippen LogP contribution < -0.4 is 5.32 Å². The number of likely N-dealkylation sites (tertiary alicyclic amines) is 1. The van der Waals surface area contributed by atoms with Gasteiger partial charge in [-0.15, -0.1) is 0 Å². The lowest BCUT2D eigenvalue weighted by atomic mass is 10.1. The van der Waals surface area contributed by atoms with Crippen LogP contribution in [0.25, 0.3) is 0 Å². The van der Waals surface area contributed by atoms with E-state index in [0.717, 1.165) is 57.5 Å². The van der Waals surface area contributed by atoms with Crippen LogP contribution >= 0.6 is 0 Å². The van der Waals surface area contributed by atoms with Gasteiger partial charge in [-0.2, -0.15) is 0 Å². The molecule has 5 heteroatoms. The average molecular weight is 318 g/mol. The standard InChI is InChI=1S/C18H30N4O/c1-4-19-18(22-11-9-17(13-22)14-23-5-2)20-10-8-16-7-6-15(3)21-12-16/h6-7,12,17H,4-5,8-11,13-14H2,1-3H3,(H,19,20). The maximum Gasteiger partial charge on any atom is 0.193 e. The maximum absolute atomic E-state index is 5.56. The lowest BCUT2D eigenvalue weighted by Gasteiger charge is -2.21. The van der Waals surface area contributed by atoms with E-state index in [4.69, 9.17) is 9.73 Å². The quantitative estimate of drug-likeness (QED) is 0.619. The van der Waals surface area contributed by atoms with E-state index >= 15 is 0 Å². The maximum atomic E-state index is 5.56. The third-order valence-electron chi connectivity index (χ3n) is 4.11. The monoisotopic (exact) mass is 318 g/mol. The van der Waals surface area contributed by atoms with Gasteiger partial charge in [-0.3, -0.25) is 9.98 Å². The molecule has 1 atom stereocenters. The SMILES string of the molecule is CCNC(=NCCc1ccc(C)nc1)N1CCC(COCC)C1. The second-order valence-electron chi connectivity index (χ2n) is 6.05. The van der Waals surface area contributed by atoms with Gasteiger partial charge in [0, 0.05) is 50.6 Å². The van der Waals surface area contributed by atoms with Gasteiger partial charge in [0.05, 0.1) is 6.61 Å². The molecule has 1 aromatic rings. The zero-order valence-corrected chi connectivity index (χ0v) is 14.7. The molecule has 1 aliphatic heterocycles. The van der Waals surface area contributed by atoms with Crippen LogP contribution in [-0.4, -0.2) is 55.2 Å². The molecule has 1 unspecified atom stereocenters. The molecule has 1 aliphatic rings. The van der Waals surface area contributed by atoms with Gasteiger partial charge in [-0.05, 0) is 45.2 Å². The molecule has 1 aromatic heterocycles. The second-order valence-corrected chi connectivity index (χ2v) is 6.05. The Bertz CT molecular complexity index is 486. The number of aliphatic imine (C=N–C) groups is 1. The van der Waals surface area contributed by atoms with Gasteiger partial charge in [0.15, 0.2) is 5.96 Å². The van der Waals surface area contributed by atoms with Crippen LogP contribution in [0.4, 0.5) is 0 Å². The number of hydrogen-bond acceptors (Lipinski definition) is 3. The molecular weight excluding hydrogens is 288 g/mol. The summed E-state index contributed by atoms with van der Waals surface area (Å²) in [4.78, 5) is 11.5. The Morgan fingerprint density at radius 2 is 2.30 bits per heavy atom. The lowest BCUT2D eigenvalue weighted by Crippen LogP contribution is -2.40. The van der Waals surface area contributed by atoms with Crippen molar-refractivity contribution in [3.63, 3.8) is 0 Å². The average Bonchev–Trinajstić information content (AvgIpc) is 3.03. The smallest absolute Gasteiger partial charge is 0.193 e. The summed E-state index contributed by atoms with van der Waals surface area (Å²) in [6.07, 6.45) is 4.07. The first-order valence-electron chi connectivity index (χ1n) is 8.75. The van der Waals surface area contributed by atoms with E-state index in [2.05, 4.69) is 41.2 Å². The van der Waals surface area contributed by atoms with Gasteiger partial charge in [-0.1, -0.05) is 6.07 Å². The Balaban J connectivity index is 1.86. The number of nitrogens with zero attached hydrogens (tertiary/aromatic N) is 3. The van der Waals surface area contributed by atoms with Gasteiger partial charge in [0.2, 0.25) is 0 Å². The van der Waals surface area contributed by atoms with Crippen LogP contribution in [0.15, 0.2) is 23.3 Å². The molecule has 2 heterocycles. The summed E-state index contributed by atoms with van der Waals surface area (Å²) in [7, 11) is 0. The number of aromatic nitrogens is 1. The molecule has 5 nitrogen and oxygen atoms in total. The van der Waals surface area contributed by atoms with Crippen molar-refractivity contribution in [3.8, 4) is 0 Å². The van der Waals surface area contributed by atoms with E-state index in [0.29, 0.717) is 5.92 Å². The fourth-order valence-corrected chi connectivity index (χ4v) is 2.81. The van der Waals surface area contributed by atoms with Crippen molar-refractivity contribution in [2.45, 2.75) is 33.6 Å². The van der Waals surface area contributed by atoms with Crippen molar-refractivity contribution in [2.24, 2.45) is 10.9 Å². The van der Waals surface area contributed by atoms with Crippen LogP contribution in [0.5, 0.6) is 0 Å². The molecule has 0 radical (unpaired) electrons. The van der Waals surface area contributed by atoms with Crippen LogP contribution in [0.2, 0.25) is 0 Å². The van der Waals surface area contributed by atoms with Crippen molar-refractivity contribution in [1.29, 1.82) is 0 Å². The summed E-state index contributed by atoms with van der Waals surface area (Å²) in [5.41, 5.74) is 2.30. The Morgan fingerprint density at radius 3 is 3.00 bits per heavy atom. The first-order chi connectivity index (χ1) is 11.2. The molecule has 0 aromatic carbocycles. The predicted molar refractivity (Wildman–Crippen MR) is 94.8 cm³/mol. The van der Waals surface area contributed by atoms with Gasteiger partial charge in [0.1, 0.15) is 0 Å². The zero-order valence-electron chi connectivity index (χ0n) is 14.7. The van der Waals surface area contributed by atoms with Gasteiger partial charge >= 0.3 is 0 Å². The minimum atomic E-state index is 0.625. The molecule has 1 N–H and O–H groups in total. The summed E-state index contributed by atoms with van der Waals surface area (Å²) in [5.74, 6) is 1.66. The van der Waals surface area contributed by atoms with Gasteiger partial charge in [-0.25, -0.2) is 0 Å². The predicted octanol–water partition coefficient (Wildman–Crippen LogP) is 2.26. The highest BCUT2D eigenvalue weighted by Gasteiger charge is 2.24. The fourth-order valence-electron chi connectivity index (χ4n) is 2.81. The number of rotatable bonds is 7. The van der Waals surface area contributed by atoms with Crippen molar-refractivity contribution < 1.29 is 4.74 Å². The number of guanidine groups is 1. The van der Waals surface area contributed by atoms with Crippen LogP contribution in [-0.2, 0) is 11.2 Å². The van der Waals surface area contributed by atoms with Crippen molar-refractivity contribution in [3.05, 3.63) is 29.6 Å². The number of ether oxygens (including phenoxy) is 1. The van der Waals surface area contributed by atoms with E-state index in [9.17, 15) is 0 Å². The van der Waals surface area contributed by atoms with Gasteiger partial charge < -0.3 is 15.0 Å². The largest absolute Gasteiger partial charge is 0.381 e. The number of hydrogen-bond donors (Lipinski definition) is 1. The molecule has 23 heavy (non-hydrogen) atoms. The molecule has 2 rings (SSSR count). The van der Waals surface area contributed by atoms with E-state index < -0.39 is 0 Å². The minimum absolute atomic E-state index is 0.625. The topological polar surface area (TPSA) is 49.8 Å². The fraction of sp³-hybridized carbons (Fsp3) is 0.667. The Morgan fingerprint density at radius 1 is 1.43 bits per heavy atom. The zero-order chi connectivity index (χ0) is 16.5. The highest BCUT2D eigenvalue weighted by atomic mass is 16.5. The van der Waals surface area contributed by atoms with Crippen molar-refractivity contribution in [2.75, 3.05) is 39.4 Å². The Hall–Kier alpha value is -1.62. The van der Waals surface area contributed by atoms with Crippen molar-refractivity contribution >= 4 is 5.96 Å². The second kappa shape index (κ2) is 9.50. The normalized spacial score (nSPS) is 18.5. The van der Waals surface area contributed by atoms with E-state index in [-0.39, 0.29) is 0 Å². The summed E-state index contributed by atoms with van der Waals surface area (Å²) < 4.78 is 5.56.